The second-order valence-electron chi connectivity index (χ2n) is 9.71. The van der Waals surface area contributed by atoms with Crippen molar-refractivity contribution in [2.24, 2.45) is 5.92 Å². The molecule has 4 rings (SSSR count). The lowest BCUT2D eigenvalue weighted by atomic mass is 9.92. The first kappa shape index (κ1) is 25.4. The van der Waals surface area contributed by atoms with E-state index < -0.39 is 11.6 Å². The molecule has 0 aliphatic carbocycles. The Balaban J connectivity index is 1.64. The molecule has 2 aromatic heterocycles. The van der Waals surface area contributed by atoms with Crippen LogP contribution in [0.15, 0.2) is 30.3 Å². The zero-order valence-corrected chi connectivity index (χ0v) is 22.0. The summed E-state index contributed by atoms with van der Waals surface area (Å²) in [5, 5.41) is 10.3. The zero-order valence-electron chi connectivity index (χ0n) is 20.5. The minimum absolute atomic E-state index is 0.223. The third-order valence-corrected chi connectivity index (χ3v) is 7.22. The first-order valence-electron chi connectivity index (χ1n) is 11.8. The third kappa shape index (κ3) is 6.11. The van der Waals surface area contributed by atoms with Gasteiger partial charge in [0.25, 0.3) is 0 Å². The fraction of sp³-hybridized carbons (Fsp3) is 0.462. The molecule has 0 N–H and O–H groups in total. The summed E-state index contributed by atoms with van der Waals surface area (Å²) in [5.74, 6) is -0.254. The molecule has 1 amide bonds. The van der Waals surface area contributed by atoms with Crippen LogP contribution in [0.2, 0.25) is 5.02 Å². The highest BCUT2D eigenvalue weighted by Gasteiger charge is 2.29. The van der Waals surface area contributed by atoms with E-state index in [9.17, 15) is 9.59 Å². The highest BCUT2D eigenvalue weighted by atomic mass is 35.5. The number of likely N-dealkylation sites (tertiary alicyclic amines) is 1. The monoisotopic (exact) mass is 515 g/mol. The quantitative estimate of drug-likeness (QED) is 0.367. The number of carbonyl (C=O) groups excluding carboxylic acids is 2. The van der Waals surface area contributed by atoms with Crippen LogP contribution < -0.4 is 0 Å². The topological polar surface area (TPSA) is 81.6 Å². The molecule has 1 aliphatic rings. The van der Waals surface area contributed by atoms with Crippen LogP contribution in [0, 0.1) is 5.92 Å². The van der Waals surface area contributed by atoms with Gasteiger partial charge >= 0.3 is 12.1 Å². The van der Waals surface area contributed by atoms with Crippen molar-refractivity contribution in [2.75, 3.05) is 19.7 Å². The summed E-state index contributed by atoms with van der Waals surface area (Å²) in [6.45, 7) is 8.95. The van der Waals surface area contributed by atoms with E-state index in [-0.39, 0.29) is 24.3 Å². The molecule has 1 saturated heterocycles. The average Bonchev–Trinajstić information content (AvgIpc) is 3.25. The SMILES string of the molecule is CCOC(=O)c1nnc(CC2CCCN(C(=O)OC(C)(C)C)C2)c2cc(-c3ccc(Cl)cc3)sc12. The minimum Gasteiger partial charge on any atom is -0.461 e. The van der Waals surface area contributed by atoms with Gasteiger partial charge in [-0.15, -0.1) is 16.4 Å². The number of aromatic nitrogens is 2. The Labute approximate surface area is 214 Å². The smallest absolute Gasteiger partial charge is 0.410 e. The van der Waals surface area contributed by atoms with E-state index in [4.69, 9.17) is 21.1 Å². The second kappa shape index (κ2) is 10.5. The number of piperidine rings is 1. The fourth-order valence-corrected chi connectivity index (χ4v) is 5.51. The van der Waals surface area contributed by atoms with E-state index in [1.165, 1.54) is 11.3 Å². The number of carbonyl (C=O) groups is 2. The molecule has 9 heteroatoms. The van der Waals surface area contributed by atoms with Gasteiger partial charge in [0, 0.05) is 28.4 Å². The van der Waals surface area contributed by atoms with Gasteiger partial charge in [0.05, 0.1) is 17.0 Å². The van der Waals surface area contributed by atoms with E-state index in [2.05, 4.69) is 16.3 Å². The first-order valence-corrected chi connectivity index (χ1v) is 13.0. The molecule has 7 nitrogen and oxygen atoms in total. The number of thiophene rings is 1. The Bertz CT molecular complexity index is 1220. The van der Waals surface area contributed by atoms with Gasteiger partial charge in [0.15, 0.2) is 5.69 Å². The predicted molar refractivity (Wildman–Crippen MR) is 138 cm³/mol. The molecule has 35 heavy (non-hydrogen) atoms. The first-order chi connectivity index (χ1) is 16.6. The summed E-state index contributed by atoms with van der Waals surface area (Å²) in [7, 11) is 0. The van der Waals surface area contributed by atoms with Crippen molar-refractivity contribution in [3.8, 4) is 10.4 Å². The number of nitrogens with zero attached hydrogens (tertiary/aromatic N) is 3. The molecule has 0 radical (unpaired) electrons. The maximum Gasteiger partial charge on any atom is 0.410 e. The minimum atomic E-state index is -0.528. The molecule has 0 bridgehead atoms. The van der Waals surface area contributed by atoms with Crippen LogP contribution in [0.4, 0.5) is 4.79 Å². The third-order valence-electron chi connectivity index (χ3n) is 5.78. The van der Waals surface area contributed by atoms with Crippen molar-refractivity contribution < 1.29 is 19.1 Å². The van der Waals surface area contributed by atoms with Gasteiger partial charge in [-0.1, -0.05) is 23.7 Å². The van der Waals surface area contributed by atoms with Gasteiger partial charge in [0.2, 0.25) is 0 Å². The zero-order chi connectivity index (χ0) is 25.2. The summed E-state index contributed by atoms with van der Waals surface area (Å²) >= 11 is 7.56. The van der Waals surface area contributed by atoms with E-state index in [1.807, 2.05) is 45.0 Å². The van der Waals surface area contributed by atoms with Crippen LogP contribution >= 0.6 is 22.9 Å². The van der Waals surface area contributed by atoms with Crippen molar-refractivity contribution in [3.63, 3.8) is 0 Å². The molecule has 1 aromatic carbocycles. The largest absolute Gasteiger partial charge is 0.461 e. The van der Waals surface area contributed by atoms with Crippen LogP contribution in [0.3, 0.4) is 0 Å². The number of rotatable bonds is 5. The van der Waals surface area contributed by atoms with Crippen molar-refractivity contribution in [1.29, 1.82) is 0 Å². The predicted octanol–water partition coefficient (Wildman–Crippen LogP) is 6.38. The Morgan fingerprint density at radius 1 is 1.20 bits per heavy atom. The molecule has 3 aromatic rings. The Hall–Kier alpha value is -2.71. The maximum atomic E-state index is 12.6. The summed E-state index contributed by atoms with van der Waals surface area (Å²) in [4.78, 5) is 28.0. The Kier molecular flexibility index (Phi) is 7.62. The van der Waals surface area contributed by atoms with Crippen molar-refractivity contribution in [2.45, 2.75) is 52.6 Å². The van der Waals surface area contributed by atoms with Crippen molar-refractivity contribution in [1.82, 2.24) is 15.1 Å². The number of benzene rings is 1. The lowest BCUT2D eigenvalue weighted by Crippen LogP contribution is -2.43. The van der Waals surface area contributed by atoms with Crippen molar-refractivity contribution >= 4 is 45.1 Å². The summed E-state index contributed by atoms with van der Waals surface area (Å²) in [5.41, 5.74) is 1.53. The molecule has 0 saturated carbocycles. The van der Waals surface area contributed by atoms with Gasteiger partial charge < -0.3 is 14.4 Å². The molecule has 1 fully saturated rings. The van der Waals surface area contributed by atoms with Crippen LogP contribution in [0.1, 0.15) is 56.7 Å². The Morgan fingerprint density at radius 2 is 1.94 bits per heavy atom. The second-order valence-corrected chi connectivity index (χ2v) is 11.2. The molecule has 1 atom stereocenters. The summed E-state index contributed by atoms with van der Waals surface area (Å²) in [6.07, 6.45) is 2.26. The van der Waals surface area contributed by atoms with E-state index in [0.717, 1.165) is 39.1 Å². The number of esters is 1. The highest BCUT2D eigenvalue weighted by Crippen LogP contribution is 2.37. The molecule has 1 unspecified atom stereocenters. The Morgan fingerprint density at radius 3 is 2.63 bits per heavy atom. The average molecular weight is 516 g/mol. The number of halogens is 1. The number of hydrogen-bond acceptors (Lipinski definition) is 7. The summed E-state index contributed by atoms with van der Waals surface area (Å²) < 4.78 is 11.6. The van der Waals surface area contributed by atoms with Crippen LogP contribution in [0.25, 0.3) is 20.5 Å². The molecule has 1 aliphatic heterocycles. The van der Waals surface area contributed by atoms with Crippen molar-refractivity contribution in [3.05, 3.63) is 46.7 Å². The number of amides is 1. The van der Waals surface area contributed by atoms with Gasteiger partial charge in [-0.05, 0) is 76.6 Å². The normalized spacial score (nSPS) is 16.4. The van der Waals surface area contributed by atoms with Crippen LogP contribution in [0.5, 0.6) is 0 Å². The van der Waals surface area contributed by atoms with Gasteiger partial charge in [-0.25, -0.2) is 9.59 Å². The maximum absolute atomic E-state index is 12.6. The molecule has 0 spiro atoms. The standard InChI is InChI=1S/C26H30ClN3O4S/c1-5-33-24(31)22-23-19(14-21(35-23)17-8-10-18(27)11-9-17)20(28-29-22)13-16-7-6-12-30(15-16)25(32)34-26(2,3)4/h8-11,14,16H,5-7,12-13,15H2,1-4H3. The van der Waals surface area contributed by atoms with E-state index in [0.29, 0.717) is 24.5 Å². The van der Waals surface area contributed by atoms with E-state index >= 15 is 0 Å². The molecule has 186 valence electrons. The molecule has 3 heterocycles. The molecular formula is C26H30ClN3O4S. The van der Waals surface area contributed by atoms with E-state index in [1.54, 1.807) is 11.8 Å². The number of ether oxygens (including phenoxy) is 2. The number of hydrogen-bond donors (Lipinski definition) is 0. The van der Waals surface area contributed by atoms with Crippen LogP contribution in [-0.2, 0) is 15.9 Å². The lowest BCUT2D eigenvalue weighted by Gasteiger charge is -2.34. The van der Waals surface area contributed by atoms with Gasteiger partial charge in [0.1, 0.15) is 5.60 Å². The van der Waals surface area contributed by atoms with Crippen LogP contribution in [-0.4, -0.2) is 52.5 Å². The lowest BCUT2D eigenvalue weighted by molar-refractivity contribution is 0.0165. The van der Waals surface area contributed by atoms with Gasteiger partial charge in [-0.3, -0.25) is 0 Å². The number of fused-ring (bicyclic) bond motifs is 1. The highest BCUT2D eigenvalue weighted by molar-refractivity contribution is 7.22. The van der Waals surface area contributed by atoms with Gasteiger partial charge in [-0.2, -0.15) is 5.10 Å². The summed E-state index contributed by atoms with van der Waals surface area (Å²) in [6, 6.07) is 9.66. The fourth-order valence-electron chi connectivity index (χ4n) is 4.23. The molecular weight excluding hydrogens is 486 g/mol.